The zero-order chi connectivity index (χ0) is 15.6. The summed E-state index contributed by atoms with van der Waals surface area (Å²) in [6, 6.07) is 6.06. The van der Waals surface area contributed by atoms with Crippen molar-refractivity contribution in [3.8, 4) is 0 Å². The molecule has 1 aliphatic heterocycles. The molecule has 3 aromatic rings. The molecule has 0 saturated carbocycles. The van der Waals surface area contributed by atoms with Gasteiger partial charge in [-0.05, 0) is 30.7 Å². The van der Waals surface area contributed by atoms with Crippen LogP contribution in [0.2, 0.25) is 0 Å². The van der Waals surface area contributed by atoms with E-state index in [1.54, 1.807) is 17.7 Å². The molecular formula is C17H21Cl2N5S. The highest BCUT2D eigenvalue weighted by Gasteiger charge is 2.21. The topological polar surface area (TPSA) is 53.9 Å². The van der Waals surface area contributed by atoms with E-state index in [2.05, 4.69) is 38.3 Å². The van der Waals surface area contributed by atoms with Crippen molar-refractivity contribution in [3.05, 3.63) is 46.9 Å². The molecule has 0 saturated heterocycles. The van der Waals surface area contributed by atoms with Crippen LogP contribution in [-0.4, -0.2) is 35.1 Å². The van der Waals surface area contributed by atoms with Crippen LogP contribution in [0.5, 0.6) is 0 Å². The first kappa shape index (κ1) is 19.8. The van der Waals surface area contributed by atoms with E-state index in [4.69, 9.17) is 0 Å². The zero-order valence-electron chi connectivity index (χ0n) is 13.9. The molecule has 25 heavy (non-hydrogen) atoms. The van der Waals surface area contributed by atoms with Crippen LogP contribution in [0.25, 0.3) is 10.2 Å². The Morgan fingerprint density at radius 1 is 1.20 bits per heavy atom. The van der Waals surface area contributed by atoms with Gasteiger partial charge < -0.3 is 10.2 Å². The van der Waals surface area contributed by atoms with Gasteiger partial charge in [-0.2, -0.15) is 0 Å². The second-order valence-electron chi connectivity index (χ2n) is 5.80. The number of halogens is 2. The molecule has 0 atom stereocenters. The van der Waals surface area contributed by atoms with E-state index in [1.807, 2.05) is 18.3 Å². The maximum absolute atomic E-state index is 4.58. The number of thiophene rings is 1. The molecule has 0 spiro atoms. The second-order valence-corrected chi connectivity index (χ2v) is 6.88. The third-order valence-electron chi connectivity index (χ3n) is 4.28. The number of rotatable bonds is 4. The second kappa shape index (κ2) is 8.76. The Balaban J connectivity index is 0.00000113. The van der Waals surface area contributed by atoms with Crippen molar-refractivity contribution < 1.29 is 0 Å². The van der Waals surface area contributed by atoms with Gasteiger partial charge in [0.1, 0.15) is 17.0 Å². The number of likely N-dealkylation sites (N-methyl/N-ethyl adjacent to an activating group) is 1. The SMILES string of the molecule is CN(CCc1ccccn1)c1ncnc2sc3c(c12)CCNC3.Cl.Cl. The first-order chi connectivity index (χ1) is 11.3. The van der Waals surface area contributed by atoms with E-state index < -0.39 is 0 Å². The van der Waals surface area contributed by atoms with Crippen molar-refractivity contribution in [2.24, 2.45) is 0 Å². The third-order valence-corrected chi connectivity index (χ3v) is 5.42. The molecule has 1 N–H and O–H groups in total. The predicted molar refractivity (Wildman–Crippen MR) is 109 cm³/mol. The highest BCUT2D eigenvalue weighted by atomic mass is 35.5. The fourth-order valence-electron chi connectivity index (χ4n) is 3.07. The maximum atomic E-state index is 4.58. The Hall–Kier alpha value is -1.47. The molecule has 8 heteroatoms. The zero-order valence-corrected chi connectivity index (χ0v) is 16.4. The highest BCUT2D eigenvalue weighted by molar-refractivity contribution is 7.19. The summed E-state index contributed by atoms with van der Waals surface area (Å²) in [5, 5.41) is 4.69. The van der Waals surface area contributed by atoms with Crippen LogP contribution >= 0.6 is 36.2 Å². The minimum absolute atomic E-state index is 0. The molecule has 0 unspecified atom stereocenters. The normalized spacial score (nSPS) is 12.8. The number of fused-ring (bicyclic) bond motifs is 3. The molecule has 134 valence electrons. The van der Waals surface area contributed by atoms with E-state index in [0.29, 0.717) is 0 Å². The Morgan fingerprint density at radius 3 is 2.88 bits per heavy atom. The lowest BCUT2D eigenvalue weighted by Crippen LogP contribution is -2.24. The lowest BCUT2D eigenvalue weighted by molar-refractivity contribution is 0.657. The Morgan fingerprint density at radius 2 is 2.08 bits per heavy atom. The Labute approximate surface area is 163 Å². The number of aromatic nitrogens is 3. The molecule has 5 nitrogen and oxygen atoms in total. The predicted octanol–water partition coefficient (Wildman–Crippen LogP) is 3.25. The summed E-state index contributed by atoms with van der Waals surface area (Å²) < 4.78 is 0. The molecule has 1 aliphatic rings. The van der Waals surface area contributed by atoms with Gasteiger partial charge in [-0.1, -0.05) is 6.07 Å². The van der Waals surface area contributed by atoms with Crippen molar-refractivity contribution >= 4 is 52.2 Å². The van der Waals surface area contributed by atoms with Crippen LogP contribution in [0.4, 0.5) is 5.82 Å². The van der Waals surface area contributed by atoms with E-state index in [0.717, 1.165) is 48.8 Å². The molecule has 4 rings (SSSR count). The average Bonchev–Trinajstić information content (AvgIpc) is 2.99. The fraction of sp³-hybridized carbons (Fsp3) is 0.353. The largest absolute Gasteiger partial charge is 0.359 e. The van der Waals surface area contributed by atoms with Crippen molar-refractivity contribution in [2.45, 2.75) is 19.4 Å². The quantitative estimate of drug-likeness (QED) is 0.731. The summed E-state index contributed by atoms with van der Waals surface area (Å²) >= 11 is 1.79. The first-order valence-electron chi connectivity index (χ1n) is 7.90. The molecule has 0 fully saturated rings. The Bertz CT molecular complexity index is 825. The molecule has 3 aromatic heterocycles. The van der Waals surface area contributed by atoms with Gasteiger partial charge in [-0.15, -0.1) is 36.2 Å². The number of hydrogen-bond donors (Lipinski definition) is 1. The van der Waals surface area contributed by atoms with Crippen molar-refractivity contribution in [3.63, 3.8) is 0 Å². The highest BCUT2D eigenvalue weighted by Crippen LogP contribution is 2.36. The van der Waals surface area contributed by atoms with E-state index in [-0.39, 0.29) is 24.8 Å². The molecule has 0 bridgehead atoms. The average molecular weight is 398 g/mol. The minimum Gasteiger partial charge on any atom is -0.359 e. The van der Waals surface area contributed by atoms with E-state index in [1.165, 1.54) is 15.8 Å². The smallest absolute Gasteiger partial charge is 0.140 e. The molecule has 4 heterocycles. The van der Waals surface area contributed by atoms with E-state index in [9.17, 15) is 0 Å². The summed E-state index contributed by atoms with van der Waals surface area (Å²) in [4.78, 5) is 18.2. The fourth-order valence-corrected chi connectivity index (χ4v) is 4.22. The number of pyridine rings is 1. The molecule has 0 radical (unpaired) electrons. The van der Waals surface area contributed by atoms with Gasteiger partial charge >= 0.3 is 0 Å². The van der Waals surface area contributed by atoms with Crippen LogP contribution in [0.3, 0.4) is 0 Å². The van der Waals surface area contributed by atoms with Gasteiger partial charge in [0.15, 0.2) is 0 Å². The van der Waals surface area contributed by atoms with Gasteiger partial charge in [0.25, 0.3) is 0 Å². The van der Waals surface area contributed by atoms with Gasteiger partial charge in [0, 0.05) is 43.3 Å². The third kappa shape index (κ3) is 4.03. The van der Waals surface area contributed by atoms with Gasteiger partial charge in [-0.3, -0.25) is 4.98 Å². The van der Waals surface area contributed by atoms with Crippen LogP contribution in [0.15, 0.2) is 30.7 Å². The van der Waals surface area contributed by atoms with Crippen LogP contribution < -0.4 is 10.2 Å². The maximum Gasteiger partial charge on any atom is 0.140 e. The summed E-state index contributed by atoms with van der Waals surface area (Å²) in [7, 11) is 2.11. The first-order valence-corrected chi connectivity index (χ1v) is 8.71. The van der Waals surface area contributed by atoms with Gasteiger partial charge in [0.2, 0.25) is 0 Å². The summed E-state index contributed by atoms with van der Waals surface area (Å²) in [5.74, 6) is 1.05. The number of nitrogens with zero attached hydrogens (tertiary/aromatic N) is 4. The molecular weight excluding hydrogens is 377 g/mol. The number of hydrogen-bond acceptors (Lipinski definition) is 6. The standard InChI is InChI=1S/C17H19N5S.2ClH/c1-22(9-6-12-4-2-3-7-19-12)16-15-13-5-8-18-10-14(13)23-17(15)21-11-20-16;;/h2-4,7,11,18H,5-6,8-10H2,1H3;2*1H. The molecule has 0 aliphatic carbocycles. The van der Waals surface area contributed by atoms with E-state index >= 15 is 0 Å². The molecule has 0 aromatic carbocycles. The van der Waals surface area contributed by atoms with Gasteiger partial charge in [0.05, 0.1) is 5.39 Å². The van der Waals surface area contributed by atoms with Crippen molar-refractivity contribution in [2.75, 3.05) is 25.0 Å². The summed E-state index contributed by atoms with van der Waals surface area (Å²) in [6.45, 7) is 2.88. The molecule has 0 amide bonds. The number of anilines is 1. The minimum atomic E-state index is 0. The van der Waals surface area contributed by atoms with Gasteiger partial charge in [-0.25, -0.2) is 9.97 Å². The van der Waals surface area contributed by atoms with Crippen LogP contribution in [-0.2, 0) is 19.4 Å². The van der Waals surface area contributed by atoms with Crippen molar-refractivity contribution in [1.29, 1.82) is 0 Å². The summed E-state index contributed by atoms with van der Waals surface area (Å²) in [6.07, 6.45) is 5.51. The monoisotopic (exact) mass is 397 g/mol. The van der Waals surface area contributed by atoms with Crippen molar-refractivity contribution in [1.82, 2.24) is 20.3 Å². The van der Waals surface area contributed by atoms with Crippen LogP contribution in [0.1, 0.15) is 16.1 Å². The lowest BCUT2D eigenvalue weighted by Gasteiger charge is -2.20. The Kier molecular flexibility index (Phi) is 6.95. The summed E-state index contributed by atoms with van der Waals surface area (Å²) in [5.41, 5.74) is 2.55. The lowest BCUT2D eigenvalue weighted by atomic mass is 10.1. The van der Waals surface area contributed by atoms with Crippen LogP contribution in [0, 0.1) is 0 Å². The number of nitrogens with one attached hydrogen (secondary N) is 1.